The van der Waals surface area contributed by atoms with Crippen molar-refractivity contribution in [2.75, 3.05) is 11.9 Å². The van der Waals surface area contributed by atoms with Gasteiger partial charge in [0, 0.05) is 6.42 Å². The smallest absolute Gasteiger partial charge is 0.306 e. The number of nitriles is 1. The Balaban J connectivity index is 1.64. The lowest BCUT2D eigenvalue weighted by Gasteiger charge is -2.29. The van der Waals surface area contributed by atoms with Gasteiger partial charge in [-0.15, -0.1) is 0 Å². The minimum Gasteiger partial charge on any atom is -0.461 e. The van der Waals surface area contributed by atoms with E-state index in [1.807, 2.05) is 41.5 Å². The molecule has 4 heterocycles. The molecular formula is C27H37N5O6. The molecule has 2 saturated heterocycles. The van der Waals surface area contributed by atoms with E-state index < -0.39 is 35.7 Å². The number of nitrogens with one attached hydrogen (secondary N) is 1. The van der Waals surface area contributed by atoms with Crippen molar-refractivity contribution in [3.05, 3.63) is 24.2 Å². The molecule has 2 aromatic heterocycles. The lowest BCUT2D eigenvalue weighted by atomic mass is 9.92. The fourth-order valence-electron chi connectivity index (χ4n) is 4.79. The number of carbonyl (C=O) groups excluding carboxylic acids is 2. The molecule has 0 aliphatic carbocycles. The lowest BCUT2D eigenvalue weighted by molar-refractivity contribution is -0.208. The highest BCUT2D eigenvalue weighted by atomic mass is 16.8. The number of amides is 1. The van der Waals surface area contributed by atoms with Crippen LogP contribution in [0.4, 0.5) is 5.82 Å². The molecule has 0 aromatic carbocycles. The number of ether oxygens (including phenoxy) is 4. The van der Waals surface area contributed by atoms with E-state index >= 15 is 0 Å². The van der Waals surface area contributed by atoms with Crippen LogP contribution in [-0.2, 0) is 28.5 Å². The highest BCUT2D eigenvalue weighted by molar-refractivity contribution is 5.93. The summed E-state index contributed by atoms with van der Waals surface area (Å²) >= 11 is 0. The average molecular weight is 528 g/mol. The predicted molar refractivity (Wildman–Crippen MR) is 137 cm³/mol. The summed E-state index contributed by atoms with van der Waals surface area (Å²) in [5, 5.41) is 17.5. The van der Waals surface area contributed by atoms with E-state index in [0.717, 1.165) is 0 Å². The molecule has 0 unspecified atom stereocenters. The maximum Gasteiger partial charge on any atom is 0.306 e. The monoisotopic (exact) mass is 527 g/mol. The molecule has 206 valence electrons. The molecule has 11 nitrogen and oxygen atoms in total. The molecule has 38 heavy (non-hydrogen) atoms. The van der Waals surface area contributed by atoms with Crippen molar-refractivity contribution in [3.63, 3.8) is 0 Å². The van der Waals surface area contributed by atoms with Crippen LogP contribution in [0.5, 0.6) is 0 Å². The second-order valence-corrected chi connectivity index (χ2v) is 12.9. The SMILES string of the molecule is CC(C)(C)CC(=O)Nc1ncnn2c([C@@H]3O[C@](C#N)(COC(=O)CC(C)(C)C)[C@H]4OC(C)(C)O[C@@H]34)ccc12. The summed E-state index contributed by atoms with van der Waals surface area (Å²) in [6.07, 6.45) is -0.383. The third-order valence-corrected chi connectivity index (χ3v) is 6.26. The number of fused-ring (bicyclic) bond motifs is 2. The van der Waals surface area contributed by atoms with Gasteiger partial charge in [0.2, 0.25) is 11.5 Å². The second-order valence-electron chi connectivity index (χ2n) is 12.9. The zero-order chi connectivity index (χ0) is 28.1. The third-order valence-electron chi connectivity index (χ3n) is 6.26. The molecule has 0 radical (unpaired) electrons. The second kappa shape index (κ2) is 9.59. The zero-order valence-electron chi connectivity index (χ0n) is 23.3. The summed E-state index contributed by atoms with van der Waals surface area (Å²) in [6, 6.07) is 5.77. The van der Waals surface area contributed by atoms with E-state index in [0.29, 0.717) is 23.4 Å². The molecule has 4 rings (SSSR count). The summed E-state index contributed by atoms with van der Waals surface area (Å²) < 4.78 is 25.8. The Morgan fingerprint density at radius 2 is 1.79 bits per heavy atom. The van der Waals surface area contributed by atoms with Gasteiger partial charge in [-0.3, -0.25) is 9.59 Å². The van der Waals surface area contributed by atoms with Crippen molar-refractivity contribution < 1.29 is 28.5 Å². The molecule has 2 fully saturated rings. The van der Waals surface area contributed by atoms with Crippen LogP contribution in [0.25, 0.3) is 5.52 Å². The van der Waals surface area contributed by atoms with Gasteiger partial charge in [-0.1, -0.05) is 41.5 Å². The summed E-state index contributed by atoms with van der Waals surface area (Å²) in [5.41, 5.74) is -0.885. The van der Waals surface area contributed by atoms with Crippen LogP contribution >= 0.6 is 0 Å². The maximum absolute atomic E-state index is 12.6. The Kier molecular flexibility index (Phi) is 7.06. The summed E-state index contributed by atoms with van der Waals surface area (Å²) in [5.74, 6) is -1.21. The first kappa shape index (κ1) is 28.0. The van der Waals surface area contributed by atoms with Gasteiger partial charge in [-0.25, -0.2) is 9.50 Å². The van der Waals surface area contributed by atoms with Gasteiger partial charge >= 0.3 is 5.97 Å². The van der Waals surface area contributed by atoms with Crippen molar-refractivity contribution in [2.24, 2.45) is 10.8 Å². The van der Waals surface area contributed by atoms with Crippen LogP contribution in [-0.4, -0.2) is 56.7 Å². The van der Waals surface area contributed by atoms with Crippen LogP contribution in [0.15, 0.2) is 18.5 Å². The highest BCUT2D eigenvalue weighted by Crippen LogP contribution is 2.50. The van der Waals surface area contributed by atoms with E-state index in [9.17, 15) is 14.9 Å². The van der Waals surface area contributed by atoms with Crippen LogP contribution in [0.1, 0.15) is 80.0 Å². The summed E-state index contributed by atoms with van der Waals surface area (Å²) in [7, 11) is 0. The van der Waals surface area contributed by atoms with Crippen LogP contribution in [0, 0.1) is 22.2 Å². The van der Waals surface area contributed by atoms with Gasteiger partial charge in [0.05, 0.1) is 12.1 Å². The third kappa shape index (κ3) is 5.82. The molecule has 2 aliphatic rings. The van der Waals surface area contributed by atoms with Crippen LogP contribution in [0.2, 0.25) is 0 Å². The molecule has 0 spiro atoms. The van der Waals surface area contributed by atoms with Gasteiger partial charge in [-0.2, -0.15) is 10.4 Å². The van der Waals surface area contributed by atoms with Crippen LogP contribution in [0.3, 0.4) is 0 Å². The van der Waals surface area contributed by atoms with E-state index in [-0.39, 0.29) is 29.8 Å². The van der Waals surface area contributed by atoms with E-state index in [4.69, 9.17) is 18.9 Å². The zero-order valence-corrected chi connectivity index (χ0v) is 23.3. The number of rotatable bonds is 6. The first-order valence-electron chi connectivity index (χ1n) is 12.8. The van der Waals surface area contributed by atoms with Gasteiger partial charge in [0.15, 0.2) is 11.6 Å². The largest absolute Gasteiger partial charge is 0.461 e. The molecular weight excluding hydrogens is 490 g/mol. The maximum atomic E-state index is 12.6. The number of aromatic nitrogens is 3. The Bertz CT molecular complexity index is 1270. The highest BCUT2D eigenvalue weighted by Gasteiger charge is 2.65. The molecule has 4 atom stereocenters. The van der Waals surface area contributed by atoms with Crippen molar-refractivity contribution in [1.82, 2.24) is 14.6 Å². The number of carbonyl (C=O) groups is 2. The first-order valence-corrected chi connectivity index (χ1v) is 12.8. The standard InChI is InChI=1S/C27H37N5O6/c1-24(2,3)11-18(33)31-23-17-10-9-16(32(17)30-15-29-23)20-21-22(38-26(7,8)36-21)27(13-28,37-20)14-35-19(34)12-25(4,5)6/h9-10,15,20-22H,11-12,14H2,1-8H3,(H,29,30,31,33)/t20-,21-,22-,27+/m0/s1. The number of nitrogens with zero attached hydrogens (tertiary/aromatic N) is 4. The van der Waals surface area contributed by atoms with E-state index in [2.05, 4.69) is 21.5 Å². The molecule has 1 amide bonds. The van der Waals surface area contributed by atoms with Gasteiger partial charge in [0.1, 0.15) is 42.8 Å². The van der Waals surface area contributed by atoms with Crippen molar-refractivity contribution in [1.29, 1.82) is 5.26 Å². The van der Waals surface area contributed by atoms with Crippen LogP contribution < -0.4 is 5.32 Å². The van der Waals surface area contributed by atoms with Gasteiger partial charge in [-0.05, 0) is 36.8 Å². The van der Waals surface area contributed by atoms with E-state index in [1.54, 1.807) is 30.5 Å². The summed E-state index contributed by atoms with van der Waals surface area (Å²) in [4.78, 5) is 29.3. The number of hydrogen-bond acceptors (Lipinski definition) is 9. The van der Waals surface area contributed by atoms with Gasteiger partial charge in [0.25, 0.3) is 0 Å². The fraction of sp³-hybridized carbons (Fsp3) is 0.667. The summed E-state index contributed by atoms with van der Waals surface area (Å²) in [6.45, 7) is 15.0. The van der Waals surface area contributed by atoms with Crippen molar-refractivity contribution >= 4 is 23.2 Å². The Hall–Kier alpha value is -3.07. The minimum atomic E-state index is -1.59. The topological polar surface area (TPSA) is 137 Å². The van der Waals surface area contributed by atoms with Gasteiger partial charge < -0.3 is 24.3 Å². The predicted octanol–water partition coefficient (Wildman–Crippen LogP) is 3.94. The number of anilines is 1. The lowest BCUT2D eigenvalue weighted by Crippen LogP contribution is -2.46. The Morgan fingerprint density at radius 1 is 1.11 bits per heavy atom. The minimum absolute atomic E-state index is 0.159. The van der Waals surface area contributed by atoms with E-state index in [1.165, 1.54) is 6.33 Å². The Morgan fingerprint density at radius 3 is 2.42 bits per heavy atom. The number of esters is 1. The Labute approximate surface area is 222 Å². The first-order chi connectivity index (χ1) is 17.5. The molecule has 2 aromatic rings. The average Bonchev–Trinajstić information content (AvgIpc) is 3.40. The van der Waals surface area contributed by atoms with Crippen molar-refractivity contribution in [2.45, 2.75) is 97.9 Å². The molecule has 0 bridgehead atoms. The fourth-order valence-corrected chi connectivity index (χ4v) is 4.79. The molecule has 2 aliphatic heterocycles. The quantitative estimate of drug-likeness (QED) is 0.554. The van der Waals surface area contributed by atoms with Crippen molar-refractivity contribution in [3.8, 4) is 6.07 Å². The molecule has 1 N–H and O–H groups in total. The molecule has 0 saturated carbocycles. The number of hydrogen-bond donors (Lipinski definition) is 1. The molecule has 11 heteroatoms. The normalized spacial score (nSPS) is 26.7.